The molecule has 0 N–H and O–H groups in total. The van der Waals surface area contributed by atoms with Crippen LogP contribution >= 0.6 is 11.8 Å². The van der Waals surface area contributed by atoms with Crippen LogP contribution in [0.1, 0.15) is 25.3 Å². The number of rotatable bonds is 5. The van der Waals surface area contributed by atoms with Crippen LogP contribution in [-0.2, 0) is 4.84 Å². The SMILES string of the molecule is CCO/N=C/c1ccc(OC2CCSCC2)cc1. The Balaban J connectivity index is 1.86. The highest BCUT2D eigenvalue weighted by atomic mass is 32.2. The third-order valence-electron chi connectivity index (χ3n) is 2.76. The molecule has 0 spiro atoms. The van der Waals surface area contributed by atoms with Crippen LogP contribution in [0.3, 0.4) is 0 Å². The first-order valence-corrected chi connectivity index (χ1v) is 7.53. The molecule has 0 aromatic heterocycles. The van der Waals surface area contributed by atoms with E-state index in [1.54, 1.807) is 6.21 Å². The second kappa shape index (κ2) is 7.31. The van der Waals surface area contributed by atoms with E-state index in [1.165, 1.54) is 11.5 Å². The molecule has 0 atom stereocenters. The monoisotopic (exact) mass is 265 g/mol. The number of ether oxygens (including phenoxy) is 1. The van der Waals surface area contributed by atoms with Gasteiger partial charge in [0.2, 0.25) is 0 Å². The van der Waals surface area contributed by atoms with Crippen LogP contribution in [0.4, 0.5) is 0 Å². The van der Waals surface area contributed by atoms with E-state index in [1.807, 2.05) is 43.0 Å². The van der Waals surface area contributed by atoms with Crippen molar-refractivity contribution >= 4 is 18.0 Å². The third-order valence-corrected chi connectivity index (χ3v) is 3.81. The highest BCUT2D eigenvalue weighted by Crippen LogP contribution is 2.22. The minimum atomic E-state index is 0.384. The fraction of sp³-hybridized carbons (Fsp3) is 0.500. The Bertz CT molecular complexity index is 372. The molecule has 1 fully saturated rings. The maximum absolute atomic E-state index is 5.95. The smallest absolute Gasteiger partial charge is 0.119 e. The van der Waals surface area contributed by atoms with Crippen LogP contribution < -0.4 is 4.74 Å². The summed E-state index contributed by atoms with van der Waals surface area (Å²) < 4.78 is 5.95. The van der Waals surface area contributed by atoms with E-state index < -0.39 is 0 Å². The molecular formula is C14H19NO2S. The van der Waals surface area contributed by atoms with Crippen LogP contribution in [-0.4, -0.2) is 30.4 Å². The standard InChI is InChI=1S/C14H19NO2S/c1-2-16-15-11-12-3-5-13(6-4-12)17-14-7-9-18-10-8-14/h3-6,11,14H,2,7-10H2,1H3/b15-11+. The van der Waals surface area contributed by atoms with E-state index in [0.29, 0.717) is 12.7 Å². The van der Waals surface area contributed by atoms with E-state index in [9.17, 15) is 0 Å². The Morgan fingerprint density at radius 2 is 2.00 bits per heavy atom. The molecule has 2 rings (SSSR count). The molecule has 1 aliphatic rings. The average molecular weight is 265 g/mol. The Hall–Kier alpha value is -1.16. The van der Waals surface area contributed by atoms with Gasteiger partial charge in [0.15, 0.2) is 0 Å². The molecule has 1 aliphatic heterocycles. The summed E-state index contributed by atoms with van der Waals surface area (Å²) in [7, 11) is 0. The first-order valence-electron chi connectivity index (χ1n) is 6.38. The molecule has 1 heterocycles. The van der Waals surface area contributed by atoms with Crippen LogP contribution in [0.5, 0.6) is 5.75 Å². The van der Waals surface area contributed by atoms with E-state index in [0.717, 1.165) is 24.2 Å². The minimum Gasteiger partial charge on any atom is -0.490 e. The first kappa shape index (κ1) is 13.3. The quantitative estimate of drug-likeness (QED) is 0.604. The number of hydrogen-bond donors (Lipinski definition) is 0. The maximum Gasteiger partial charge on any atom is 0.119 e. The van der Waals surface area contributed by atoms with Gasteiger partial charge in [0.1, 0.15) is 18.5 Å². The molecule has 0 saturated carbocycles. The second-order valence-electron chi connectivity index (χ2n) is 4.15. The van der Waals surface area contributed by atoms with Gasteiger partial charge in [0.25, 0.3) is 0 Å². The average Bonchev–Trinajstić information content (AvgIpc) is 2.42. The van der Waals surface area contributed by atoms with Gasteiger partial charge in [-0.05, 0) is 61.1 Å². The number of hydrogen-bond acceptors (Lipinski definition) is 4. The topological polar surface area (TPSA) is 30.8 Å². The van der Waals surface area contributed by atoms with Gasteiger partial charge in [0.05, 0.1) is 6.21 Å². The molecular weight excluding hydrogens is 246 g/mol. The van der Waals surface area contributed by atoms with Gasteiger partial charge in [-0.15, -0.1) is 0 Å². The largest absolute Gasteiger partial charge is 0.490 e. The van der Waals surface area contributed by atoms with E-state index in [2.05, 4.69) is 5.16 Å². The van der Waals surface area contributed by atoms with Gasteiger partial charge in [0, 0.05) is 0 Å². The molecule has 1 saturated heterocycles. The molecule has 4 heteroatoms. The molecule has 0 bridgehead atoms. The zero-order valence-electron chi connectivity index (χ0n) is 10.7. The summed E-state index contributed by atoms with van der Waals surface area (Å²) in [6, 6.07) is 7.98. The third kappa shape index (κ3) is 4.26. The summed E-state index contributed by atoms with van der Waals surface area (Å²) in [5.74, 6) is 3.37. The number of oxime groups is 1. The Morgan fingerprint density at radius 1 is 1.28 bits per heavy atom. The van der Waals surface area contributed by atoms with Gasteiger partial charge in [-0.1, -0.05) is 5.16 Å². The lowest BCUT2D eigenvalue weighted by Crippen LogP contribution is -2.21. The second-order valence-corrected chi connectivity index (χ2v) is 5.38. The molecule has 0 aliphatic carbocycles. The van der Waals surface area contributed by atoms with Crippen LogP contribution in [0, 0.1) is 0 Å². The van der Waals surface area contributed by atoms with Crippen molar-refractivity contribution in [2.24, 2.45) is 5.16 Å². The van der Waals surface area contributed by atoms with Crippen LogP contribution in [0.15, 0.2) is 29.4 Å². The highest BCUT2D eigenvalue weighted by molar-refractivity contribution is 7.99. The normalized spacial score (nSPS) is 16.9. The molecule has 1 aromatic rings. The van der Waals surface area contributed by atoms with Gasteiger partial charge >= 0.3 is 0 Å². The van der Waals surface area contributed by atoms with Gasteiger partial charge in [-0.2, -0.15) is 11.8 Å². The summed E-state index contributed by atoms with van der Waals surface area (Å²) in [5.41, 5.74) is 1.02. The summed E-state index contributed by atoms with van der Waals surface area (Å²) in [4.78, 5) is 4.93. The van der Waals surface area contributed by atoms with E-state index in [4.69, 9.17) is 9.57 Å². The predicted octanol–water partition coefficient (Wildman–Crippen LogP) is 3.33. The molecule has 0 radical (unpaired) electrons. The molecule has 1 aromatic carbocycles. The highest BCUT2D eigenvalue weighted by Gasteiger charge is 2.14. The van der Waals surface area contributed by atoms with Crippen molar-refractivity contribution in [2.45, 2.75) is 25.9 Å². The van der Waals surface area contributed by atoms with E-state index >= 15 is 0 Å². The summed E-state index contributed by atoms with van der Waals surface area (Å²) in [5, 5.41) is 3.84. The van der Waals surface area contributed by atoms with Crippen molar-refractivity contribution < 1.29 is 9.57 Å². The zero-order chi connectivity index (χ0) is 12.6. The zero-order valence-corrected chi connectivity index (χ0v) is 11.5. The molecule has 18 heavy (non-hydrogen) atoms. The number of nitrogens with zero attached hydrogens (tertiary/aromatic N) is 1. The van der Waals surface area contributed by atoms with Crippen molar-refractivity contribution in [1.29, 1.82) is 0 Å². The number of benzene rings is 1. The number of thioether (sulfide) groups is 1. The fourth-order valence-electron chi connectivity index (χ4n) is 1.79. The maximum atomic E-state index is 5.95. The molecule has 0 amide bonds. The van der Waals surface area contributed by atoms with Crippen molar-refractivity contribution in [1.82, 2.24) is 0 Å². The molecule has 0 unspecified atom stereocenters. The van der Waals surface area contributed by atoms with Crippen LogP contribution in [0.25, 0.3) is 0 Å². The minimum absolute atomic E-state index is 0.384. The van der Waals surface area contributed by atoms with Gasteiger partial charge in [-0.25, -0.2) is 0 Å². The van der Waals surface area contributed by atoms with Gasteiger partial charge < -0.3 is 9.57 Å². The Kier molecular flexibility index (Phi) is 5.39. The lowest BCUT2D eigenvalue weighted by molar-refractivity contribution is 0.160. The van der Waals surface area contributed by atoms with E-state index in [-0.39, 0.29) is 0 Å². The first-order chi connectivity index (χ1) is 8.88. The summed E-state index contributed by atoms with van der Waals surface area (Å²) >= 11 is 2.01. The predicted molar refractivity (Wildman–Crippen MR) is 76.6 cm³/mol. The Labute approximate surface area is 113 Å². The van der Waals surface area contributed by atoms with Crippen molar-refractivity contribution in [3.63, 3.8) is 0 Å². The molecule has 3 nitrogen and oxygen atoms in total. The lowest BCUT2D eigenvalue weighted by Gasteiger charge is -2.22. The summed E-state index contributed by atoms with van der Waals surface area (Å²) in [6.07, 6.45) is 4.40. The van der Waals surface area contributed by atoms with Crippen molar-refractivity contribution in [3.8, 4) is 5.75 Å². The van der Waals surface area contributed by atoms with Crippen LogP contribution in [0.2, 0.25) is 0 Å². The Morgan fingerprint density at radius 3 is 2.67 bits per heavy atom. The van der Waals surface area contributed by atoms with Crippen molar-refractivity contribution in [3.05, 3.63) is 29.8 Å². The van der Waals surface area contributed by atoms with Gasteiger partial charge in [-0.3, -0.25) is 0 Å². The molecule has 98 valence electrons. The summed E-state index contributed by atoms with van der Waals surface area (Å²) in [6.45, 7) is 2.51. The fourth-order valence-corrected chi connectivity index (χ4v) is 2.85. The van der Waals surface area contributed by atoms with Crippen molar-refractivity contribution in [2.75, 3.05) is 18.1 Å². The lowest BCUT2D eigenvalue weighted by atomic mass is 10.2.